The summed E-state index contributed by atoms with van der Waals surface area (Å²) in [5, 5.41) is 12.1. The van der Waals surface area contributed by atoms with Gasteiger partial charge < -0.3 is 29.4 Å². The Labute approximate surface area is 324 Å². The molecule has 4 unspecified atom stereocenters. The summed E-state index contributed by atoms with van der Waals surface area (Å²) in [6, 6.07) is 39.7. The van der Waals surface area contributed by atoms with Crippen LogP contribution >= 0.6 is 11.8 Å². The Balaban J connectivity index is 1.01. The smallest absolute Gasteiger partial charge is 0.408 e. The first-order valence-corrected chi connectivity index (χ1v) is 19.1. The molecule has 0 saturated carbocycles. The van der Waals surface area contributed by atoms with Gasteiger partial charge in [-0.15, -0.1) is 11.8 Å². The van der Waals surface area contributed by atoms with E-state index in [0.717, 1.165) is 49.6 Å². The van der Waals surface area contributed by atoms with E-state index in [1.54, 1.807) is 18.9 Å². The van der Waals surface area contributed by atoms with E-state index in [-0.39, 0.29) is 44.3 Å². The third-order valence-corrected chi connectivity index (χ3v) is 10.8. The van der Waals surface area contributed by atoms with Crippen molar-refractivity contribution in [2.75, 3.05) is 12.9 Å². The number of aliphatic hydroxyl groups excluding tert-OH is 1. The van der Waals surface area contributed by atoms with Crippen molar-refractivity contribution in [3.8, 4) is 16.9 Å². The Hall–Kier alpha value is -5.46. The minimum atomic E-state index is -0.977. The molecule has 2 aliphatic heterocycles. The van der Waals surface area contributed by atoms with Gasteiger partial charge in [-0.2, -0.15) is 0 Å². The average molecular weight is 759 g/mol. The van der Waals surface area contributed by atoms with Crippen molar-refractivity contribution in [3.05, 3.63) is 155 Å². The zero-order valence-electron chi connectivity index (χ0n) is 30.3. The number of methoxy groups -OCH3 is 1. The lowest BCUT2D eigenvalue weighted by atomic mass is 9.99. The van der Waals surface area contributed by atoms with Crippen molar-refractivity contribution < 1.29 is 38.4 Å². The minimum Gasteiger partial charge on any atom is -0.496 e. The number of para-hydroxylation sites is 1. The molecule has 2 aliphatic rings. The van der Waals surface area contributed by atoms with Gasteiger partial charge in [0.05, 0.1) is 38.9 Å². The molecule has 2 fully saturated rings. The van der Waals surface area contributed by atoms with Gasteiger partial charge >= 0.3 is 6.09 Å². The Bertz CT molecular complexity index is 2090. The fourth-order valence-electron chi connectivity index (χ4n) is 6.68. The third kappa shape index (κ3) is 9.44. The number of carbonyl (C=O) groups excluding carboxylic acids is 3. The largest absolute Gasteiger partial charge is 0.496 e. The molecule has 282 valence electrons. The molecule has 5 aromatic rings. The summed E-state index contributed by atoms with van der Waals surface area (Å²) in [4.78, 5) is 40.7. The van der Waals surface area contributed by atoms with Gasteiger partial charge in [-0.3, -0.25) is 14.5 Å². The SMILES string of the molecule is COc1ccccc1SCC1CC(c2ccc(CO)cc2)OC(c2ccc(-c3cccc(CN4C(=O)CC(NC(=O)OCc5ccccc5)C4=O)c3)cc2)O1. The number of alkyl carbamates (subject to hydrolysis) is 1. The number of benzene rings is 5. The molecular weight excluding hydrogens is 717 g/mol. The summed E-state index contributed by atoms with van der Waals surface area (Å²) in [5.74, 6) is 0.700. The monoisotopic (exact) mass is 758 g/mol. The number of imide groups is 1. The Morgan fingerprint density at radius 3 is 2.31 bits per heavy atom. The number of carbonyl (C=O) groups is 3. The predicted octanol–water partition coefficient (Wildman–Crippen LogP) is 7.75. The van der Waals surface area contributed by atoms with Crippen LogP contribution in [0.25, 0.3) is 11.1 Å². The molecule has 3 amide bonds. The molecule has 5 aromatic carbocycles. The molecule has 0 aliphatic carbocycles. The summed E-state index contributed by atoms with van der Waals surface area (Å²) in [6.45, 7) is 0.121. The van der Waals surface area contributed by atoms with Crippen LogP contribution in [-0.4, -0.2) is 52.9 Å². The number of aliphatic hydroxyl groups is 1. The second-order valence-electron chi connectivity index (χ2n) is 13.4. The third-order valence-electron chi connectivity index (χ3n) is 9.64. The number of likely N-dealkylation sites (tertiary alicyclic amines) is 1. The molecule has 55 heavy (non-hydrogen) atoms. The van der Waals surface area contributed by atoms with Crippen LogP contribution < -0.4 is 10.1 Å². The van der Waals surface area contributed by atoms with Crippen LogP contribution in [0.5, 0.6) is 5.75 Å². The summed E-state index contributed by atoms with van der Waals surface area (Å²) >= 11 is 1.69. The second kappa shape index (κ2) is 17.8. The Morgan fingerprint density at radius 2 is 1.55 bits per heavy atom. The first kappa shape index (κ1) is 37.8. The van der Waals surface area contributed by atoms with Crippen molar-refractivity contribution in [2.45, 2.75) is 62.0 Å². The van der Waals surface area contributed by atoms with E-state index in [1.165, 1.54) is 4.90 Å². The molecule has 7 rings (SSSR count). The normalized spacial score (nSPS) is 19.6. The van der Waals surface area contributed by atoms with Gasteiger partial charge in [0, 0.05) is 22.6 Å². The van der Waals surface area contributed by atoms with E-state index in [9.17, 15) is 19.5 Å². The highest BCUT2D eigenvalue weighted by Gasteiger charge is 2.40. The fraction of sp³-hybridized carbons (Fsp3) is 0.250. The lowest BCUT2D eigenvalue weighted by Crippen LogP contribution is -2.41. The summed E-state index contributed by atoms with van der Waals surface area (Å²) < 4.78 is 23.9. The van der Waals surface area contributed by atoms with Crippen molar-refractivity contribution in [1.82, 2.24) is 10.2 Å². The standard InChI is InChI=1S/C44H42N2O8S/c1-51-38-12-5-6-13-40(38)55-28-36-23-39(33-16-14-29(26-47)15-17-33)54-43(53-36)34-20-18-32(19-21-34)35-11-7-10-31(22-35)25-46-41(48)24-37(42(46)49)45-44(50)52-27-30-8-3-2-4-9-30/h2-22,36-37,39,43,47H,23-28H2,1H3,(H,45,50). The van der Waals surface area contributed by atoms with E-state index in [1.807, 2.05) is 127 Å². The van der Waals surface area contributed by atoms with Crippen molar-refractivity contribution >= 4 is 29.7 Å². The van der Waals surface area contributed by atoms with Gasteiger partial charge in [0.15, 0.2) is 6.29 Å². The molecule has 4 atom stereocenters. The van der Waals surface area contributed by atoms with Crippen molar-refractivity contribution in [1.29, 1.82) is 0 Å². The highest BCUT2D eigenvalue weighted by molar-refractivity contribution is 7.99. The lowest BCUT2D eigenvalue weighted by molar-refractivity contribution is -0.245. The fourth-order valence-corrected chi connectivity index (χ4v) is 7.73. The van der Waals surface area contributed by atoms with Crippen LogP contribution in [0, 0.1) is 0 Å². The van der Waals surface area contributed by atoms with Crippen molar-refractivity contribution in [3.63, 3.8) is 0 Å². The highest BCUT2D eigenvalue weighted by Crippen LogP contribution is 2.41. The lowest BCUT2D eigenvalue weighted by Gasteiger charge is -2.36. The number of nitrogens with zero attached hydrogens (tertiary/aromatic N) is 1. The number of thioether (sulfide) groups is 1. The molecular formula is C44H42N2O8S. The van der Waals surface area contributed by atoms with Gasteiger partial charge in [-0.05, 0) is 51.6 Å². The molecule has 2 saturated heterocycles. The minimum absolute atomic E-state index is 0.0225. The van der Waals surface area contributed by atoms with Crippen LogP contribution in [0.2, 0.25) is 0 Å². The predicted molar refractivity (Wildman–Crippen MR) is 208 cm³/mol. The van der Waals surface area contributed by atoms with Crippen LogP contribution in [0.4, 0.5) is 4.79 Å². The Morgan fingerprint density at radius 1 is 0.818 bits per heavy atom. The van der Waals surface area contributed by atoms with Gasteiger partial charge in [0.25, 0.3) is 5.91 Å². The molecule has 10 nitrogen and oxygen atoms in total. The van der Waals surface area contributed by atoms with Gasteiger partial charge in [-0.25, -0.2) is 4.79 Å². The van der Waals surface area contributed by atoms with E-state index in [0.29, 0.717) is 12.2 Å². The number of hydrogen-bond acceptors (Lipinski definition) is 9. The van der Waals surface area contributed by atoms with E-state index in [4.69, 9.17) is 18.9 Å². The van der Waals surface area contributed by atoms with Crippen LogP contribution in [0.1, 0.15) is 53.1 Å². The van der Waals surface area contributed by atoms with Gasteiger partial charge in [-0.1, -0.05) is 109 Å². The number of nitrogens with one attached hydrogen (secondary N) is 1. The number of hydrogen-bond donors (Lipinski definition) is 2. The summed E-state index contributed by atoms with van der Waals surface area (Å²) in [6.07, 6.45) is -1.14. The summed E-state index contributed by atoms with van der Waals surface area (Å²) in [7, 11) is 1.67. The Kier molecular flexibility index (Phi) is 12.2. The maximum Gasteiger partial charge on any atom is 0.408 e. The average Bonchev–Trinajstić information content (AvgIpc) is 3.49. The summed E-state index contributed by atoms with van der Waals surface area (Å²) in [5.41, 5.74) is 6.19. The van der Waals surface area contributed by atoms with E-state index in [2.05, 4.69) is 5.32 Å². The molecule has 0 aromatic heterocycles. The zero-order chi connectivity index (χ0) is 38.1. The topological polar surface area (TPSA) is 124 Å². The molecule has 11 heteroatoms. The maximum absolute atomic E-state index is 13.2. The second-order valence-corrected chi connectivity index (χ2v) is 14.5. The van der Waals surface area contributed by atoms with Crippen molar-refractivity contribution in [2.24, 2.45) is 0 Å². The van der Waals surface area contributed by atoms with Gasteiger partial charge in [0.1, 0.15) is 18.4 Å². The van der Waals surface area contributed by atoms with E-state index >= 15 is 0 Å². The number of rotatable bonds is 13. The maximum atomic E-state index is 13.2. The quantitative estimate of drug-likeness (QED) is 0.0917. The molecule has 0 bridgehead atoms. The molecule has 0 spiro atoms. The van der Waals surface area contributed by atoms with Crippen LogP contribution in [0.15, 0.2) is 132 Å². The number of ether oxygens (including phenoxy) is 4. The molecule has 2 heterocycles. The van der Waals surface area contributed by atoms with Gasteiger partial charge in [0.2, 0.25) is 5.91 Å². The molecule has 2 N–H and O–H groups in total. The van der Waals surface area contributed by atoms with Crippen LogP contribution in [-0.2, 0) is 43.6 Å². The number of amides is 3. The zero-order valence-corrected chi connectivity index (χ0v) is 31.2. The van der Waals surface area contributed by atoms with Crippen LogP contribution in [0.3, 0.4) is 0 Å². The van der Waals surface area contributed by atoms with E-state index < -0.39 is 24.3 Å². The highest BCUT2D eigenvalue weighted by atomic mass is 32.2. The first-order valence-electron chi connectivity index (χ1n) is 18.1. The molecule has 0 radical (unpaired) electrons. The first-order chi connectivity index (χ1) is 26.9.